The molecule has 0 aliphatic carbocycles. The molecule has 1 aromatic carbocycles. The van der Waals surface area contributed by atoms with Gasteiger partial charge < -0.3 is 5.73 Å². The molecule has 0 amide bonds. The van der Waals surface area contributed by atoms with Crippen LogP contribution in [-0.2, 0) is 11.2 Å². The minimum absolute atomic E-state index is 0.0162. The van der Waals surface area contributed by atoms with E-state index in [4.69, 9.17) is 28.9 Å². The Morgan fingerprint density at radius 3 is 2.12 bits per heavy atom. The quantitative estimate of drug-likeness (QED) is 0.891. The fraction of sp³-hybridized carbons (Fsp3) is 0.462. The molecule has 0 aromatic heterocycles. The Hall–Kier alpha value is -0.570. The fourth-order valence-electron chi connectivity index (χ4n) is 1.68. The number of ketones is 1. The summed E-state index contributed by atoms with van der Waals surface area (Å²) in [5.41, 5.74) is 5.94. The number of rotatable bonds is 5. The topological polar surface area (TPSA) is 43.1 Å². The standard InChI is InChI=1S/C13H17Cl2NO/c1-3-13(16,4-2)12(17)8-9-10(14)6-5-7-11(9)15/h5-7H,3-4,8,16H2,1-2H3. The highest BCUT2D eigenvalue weighted by Crippen LogP contribution is 2.27. The highest BCUT2D eigenvalue weighted by atomic mass is 35.5. The first kappa shape index (κ1) is 14.5. The summed E-state index contributed by atoms with van der Waals surface area (Å²) in [5.74, 6) is -0.0162. The third kappa shape index (κ3) is 3.21. The summed E-state index contributed by atoms with van der Waals surface area (Å²) in [6.45, 7) is 3.82. The number of benzene rings is 1. The van der Waals surface area contributed by atoms with Crippen molar-refractivity contribution in [2.75, 3.05) is 0 Å². The monoisotopic (exact) mass is 273 g/mol. The summed E-state index contributed by atoms with van der Waals surface area (Å²) in [5, 5.41) is 1.03. The van der Waals surface area contributed by atoms with Gasteiger partial charge in [-0.3, -0.25) is 4.79 Å². The molecule has 4 heteroatoms. The van der Waals surface area contributed by atoms with Crippen LogP contribution >= 0.6 is 23.2 Å². The van der Waals surface area contributed by atoms with E-state index in [-0.39, 0.29) is 12.2 Å². The molecular weight excluding hydrogens is 257 g/mol. The van der Waals surface area contributed by atoms with Crippen LogP contribution in [0.2, 0.25) is 10.0 Å². The predicted molar refractivity (Wildman–Crippen MR) is 72.7 cm³/mol. The van der Waals surface area contributed by atoms with Crippen molar-refractivity contribution in [2.24, 2.45) is 5.73 Å². The summed E-state index contributed by atoms with van der Waals surface area (Å²) >= 11 is 12.1. The average molecular weight is 274 g/mol. The normalized spacial score (nSPS) is 11.6. The van der Waals surface area contributed by atoms with Gasteiger partial charge in [-0.15, -0.1) is 0 Å². The summed E-state index contributed by atoms with van der Waals surface area (Å²) < 4.78 is 0. The molecule has 0 saturated heterocycles. The van der Waals surface area contributed by atoms with Gasteiger partial charge in [0.05, 0.1) is 5.54 Å². The second-order valence-electron chi connectivity index (χ2n) is 4.16. The van der Waals surface area contributed by atoms with Gasteiger partial charge >= 0.3 is 0 Å². The Morgan fingerprint density at radius 1 is 1.24 bits per heavy atom. The lowest BCUT2D eigenvalue weighted by Gasteiger charge is -2.25. The molecule has 0 spiro atoms. The molecule has 0 heterocycles. The van der Waals surface area contributed by atoms with Gasteiger partial charge in [-0.25, -0.2) is 0 Å². The molecule has 0 aliphatic heterocycles. The Labute approximate surface area is 112 Å². The number of Topliss-reactive ketones (excluding diaryl/α,β-unsaturated/α-hetero) is 1. The largest absolute Gasteiger partial charge is 0.319 e. The third-order valence-electron chi connectivity index (χ3n) is 3.22. The van der Waals surface area contributed by atoms with Crippen LogP contribution in [0, 0.1) is 0 Å². The summed E-state index contributed by atoms with van der Waals surface area (Å²) in [6.07, 6.45) is 1.42. The zero-order valence-corrected chi connectivity index (χ0v) is 11.6. The van der Waals surface area contributed by atoms with Gasteiger partial charge in [-0.1, -0.05) is 43.1 Å². The molecule has 0 bridgehead atoms. The van der Waals surface area contributed by atoms with Crippen molar-refractivity contribution in [3.8, 4) is 0 Å². The van der Waals surface area contributed by atoms with Crippen molar-refractivity contribution >= 4 is 29.0 Å². The maximum absolute atomic E-state index is 12.2. The molecule has 0 unspecified atom stereocenters. The van der Waals surface area contributed by atoms with Crippen molar-refractivity contribution in [3.05, 3.63) is 33.8 Å². The lowest BCUT2D eigenvalue weighted by molar-refractivity contribution is -0.123. The minimum Gasteiger partial charge on any atom is -0.319 e. The molecule has 0 fully saturated rings. The Bertz CT molecular complexity index is 394. The van der Waals surface area contributed by atoms with Crippen LogP contribution in [0.3, 0.4) is 0 Å². The van der Waals surface area contributed by atoms with Crippen LogP contribution in [-0.4, -0.2) is 11.3 Å². The Kier molecular flexibility index (Phi) is 4.99. The summed E-state index contributed by atoms with van der Waals surface area (Å²) in [6, 6.07) is 5.21. The highest BCUT2D eigenvalue weighted by molar-refractivity contribution is 6.36. The predicted octanol–water partition coefficient (Wildman–Crippen LogP) is 3.62. The van der Waals surface area contributed by atoms with Gasteiger partial charge in [0.25, 0.3) is 0 Å². The van der Waals surface area contributed by atoms with E-state index in [9.17, 15) is 4.79 Å². The van der Waals surface area contributed by atoms with Crippen LogP contribution in [0.25, 0.3) is 0 Å². The van der Waals surface area contributed by atoms with Gasteiger partial charge in [0.1, 0.15) is 0 Å². The molecule has 2 nitrogen and oxygen atoms in total. The molecule has 0 saturated carbocycles. The maximum Gasteiger partial charge on any atom is 0.157 e. The number of halogens is 2. The first-order chi connectivity index (χ1) is 7.94. The molecule has 1 rings (SSSR count). The van der Waals surface area contributed by atoms with Crippen molar-refractivity contribution in [1.29, 1.82) is 0 Å². The third-order valence-corrected chi connectivity index (χ3v) is 3.92. The lowest BCUT2D eigenvalue weighted by Crippen LogP contribution is -2.47. The molecule has 0 aliphatic rings. The van der Waals surface area contributed by atoms with Crippen LogP contribution in [0.1, 0.15) is 32.3 Å². The number of hydrogen-bond acceptors (Lipinski definition) is 2. The molecular formula is C13H17Cl2NO. The fourth-order valence-corrected chi connectivity index (χ4v) is 2.21. The molecule has 94 valence electrons. The average Bonchev–Trinajstić information content (AvgIpc) is 2.32. The number of nitrogens with two attached hydrogens (primary N) is 1. The first-order valence-corrected chi connectivity index (χ1v) is 6.45. The Balaban J connectivity index is 2.96. The van der Waals surface area contributed by atoms with Crippen molar-refractivity contribution in [2.45, 2.75) is 38.6 Å². The van der Waals surface area contributed by atoms with Crippen molar-refractivity contribution in [1.82, 2.24) is 0 Å². The van der Waals surface area contributed by atoms with E-state index in [2.05, 4.69) is 0 Å². The van der Waals surface area contributed by atoms with Gasteiger partial charge in [-0.05, 0) is 30.5 Å². The van der Waals surface area contributed by atoms with Gasteiger partial charge in [0.15, 0.2) is 5.78 Å². The lowest BCUT2D eigenvalue weighted by atomic mass is 9.86. The molecule has 1 aromatic rings. The maximum atomic E-state index is 12.2. The number of hydrogen-bond donors (Lipinski definition) is 1. The summed E-state index contributed by atoms with van der Waals surface area (Å²) in [4.78, 5) is 12.2. The summed E-state index contributed by atoms with van der Waals surface area (Å²) in [7, 11) is 0. The second-order valence-corrected chi connectivity index (χ2v) is 4.98. The van der Waals surface area contributed by atoms with Gasteiger partial charge in [-0.2, -0.15) is 0 Å². The minimum atomic E-state index is -0.775. The molecule has 0 atom stereocenters. The van der Waals surface area contributed by atoms with E-state index in [0.29, 0.717) is 28.5 Å². The van der Waals surface area contributed by atoms with Crippen LogP contribution < -0.4 is 5.73 Å². The van der Waals surface area contributed by atoms with E-state index < -0.39 is 5.54 Å². The zero-order valence-electron chi connectivity index (χ0n) is 10.1. The zero-order chi connectivity index (χ0) is 13.1. The van der Waals surface area contributed by atoms with Crippen LogP contribution in [0.4, 0.5) is 0 Å². The van der Waals surface area contributed by atoms with E-state index >= 15 is 0 Å². The van der Waals surface area contributed by atoms with E-state index in [0.717, 1.165) is 0 Å². The van der Waals surface area contributed by atoms with Gasteiger partial charge in [0, 0.05) is 16.5 Å². The SMILES string of the molecule is CCC(N)(CC)C(=O)Cc1c(Cl)cccc1Cl. The van der Waals surface area contributed by atoms with Crippen molar-refractivity contribution in [3.63, 3.8) is 0 Å². The van der Waals surface area contributed by atoms with Gasteiger partial charge in [0.2, 0.25) is 0 Å². The number of carbonyl (C=O) groups excluding carboxylic acids is 1. The van der Waals surface area contributed by atoms with Crippen LogP contribution in [0.5, 0.6) is 0 Å². The first-order valence-electron chi connectivity index (χ1n) is 5.69. The molecule has 0 radical (unpaired) electrons. The van der Waals surface area contributed by atoms with Crippen molar-refractivity contribution < 1.29 is 4.79 Å². The highest BCUT2D eigenvalue weighted by Gasteiger charge is 2.30. The van der Waals surface area contributed by atoms with E-state index in [1.54, 1.807) is 18.2 Å². The van der Waals surface area contributed by atoms with E-state index in [1.807, 2.05) is 13.8 Å². The smallest absolute Gasteiger partial charge is 0.157 e. The molecule has 2 N–H and O–H groups in total. The second kappa shape index (κ2) is 5.85. The number of carbonyl (C=O) groups is 1. The van der Waals surface area contributed by atoms with E-state index in [1.165, 1.54) is 0 Å². The molecule has 17 heavy (non-hydrogen) atoms. The van der Waals surface area contributed by atoms with Crippen LogP contribution in [0.15, 0.2) is 18.2 Å². The Morgan fingerprint density at radius 2 is 1.71 bits per heavy atom.